The lowest BCUT2D eigenvalue weighted by molar-refractivity contribution is 0.0908. The van der Waals surface area contributed by atoms with Gasteiger partial charge in [-0.05, 0) is 37.1 Å². The van der Waals surface area contributed by atoms with E-state index in [1.165, 1.54) is 17.7 Å². The van der Waals surface area contributed by atoms with Crippen LogP contribution in [0.15, 0.2) is 55.0 Å². The average molecular weight is 393 g/mol. The van der Waals surface area contributed by atoms with Crippen LogP contribution in [-0.4, -0.2) is 44.7 Å². The maximum atomic E-state index is 13.4. The molecule has 1 aromatic carbocycles. The van der Waals surface area contributed by atoms with Gasteiger partial charge in [0, 0.05) is 56.2 Å². The van der Waals surface area contributed by atoms with Crippen LogP contribution in [0.25, 0.3) is 11.3 Å². The molecule has 29 heavy (non-hydrogen) atoms. The largest absolute Gasteiger partial charge is 0.349 e. The molecule has 7 heteroatoms. The van der Waals surface area contributed by atoms with Crippen molar-refractivity contribution in [1.29, 1.82) is 0 Å². The van der Waals surface area contributed by atoms with Crippen molar-refractivity contribution in [2.45, 2.75) is 25.4 Å². The average Bonchev–Trinajstić information content (AvgIpc) is 3.14. The summed E-state index contributed by atoms with van der Waals surface area (Å²) in [5.41, 5.74) is 3.06. The van der Waals surface area contributed by atoms with Crippen molar-refractivity contribution < 1.29 is 9.18 Å². The Morgan fingerprint density at radius 3 is 2.69 bits per heavy atom. The van der Waals surface area contributed by atoms with E-state index in [4.69, 9.17) is 0 Å². The molecule has 0 bridgehead atoms. The third kappa shape index (κ3) is 4.86. The normalized spacial score (nSPS) is 15.4. The topological polar surface area (TPSA) is 63.0 Å². The molecule has 1 N–H and O–H groups in total. The molecule has 0 unspecified atom stereocenters. The van der Waals surface area contributed by atoms with E-state index in [1.807, 2.05) is 24.1 Å². The summed E-state index contributed by atoms with van der Waals surface area (Å²) < 4.78 is 15.2. The van der Waals surface area contributed by atoms with Crippen LogP contribution in [0, 0.1) is 5.82 Å². The lowest BCUT2D eigenvalue weighted by Crippen LogP contribution is -2.44. The summed E-state index contributed by atoms with van der Waals surface area (Å²) in [6, 6.07) is 9.92. The maximum Gasteiger partial charge on any atom is 0.253 e. The molecule has 6 nitrogen and oxygen atoms in total. The Kier molecular flexibility index (Phi) is 5.67. The van der Waals surface area contributed by atoms with Crippen molar-refractivity contribution in [3.05, 3.63) is 71.9 Å². The van der Waals surface area contributed by atoms with Crippen molar-refractivity contribution in [3.8, 4) is 11.3 Å². The molecule has 3 aromatic rings. The molecule has 4 rings (SSSR count). The summed E-state index contributed by atoms with van der Waals surface area (Å²) in [5.74, 6) is -0.421. The first kappa shape index (κ1) is 19.3. The molecule has 0 radical (unpaired) electrons. The number of hydrogen-bond acceptors (Lipinski definition) is 4. The third-order valence-electron chi connectivity index (χ3n) is 5.23. The van der Waals surface area contributed by atoms with Crippen LogP contribution in [0.5, 0.6) is 0 Å². The van der Waals surface area contributed by atoms with Gasteiger partial charge < -0.3 is 5.32 Å². The minimum atomic E-state index is -0.305. The van der Waals surface area contributed by atoms with Crippen LogP contribution in [0.2, 0.25) is 0 Å². The van der Waals surface area contributed by atoms with E-state index in [0.29, 0.717) is 16.8 Å². The van der Waals surface area contributed by atoms with Gasteiger partial charge in [-0.2, -0.15) is 5.10 Å². The van der Waals surface area contributed by atoms with E-state index in [9.17, 15) is 9.18 Å². The summed E-state index contributed by atoms with van der Waals surface area (Å²) in [6.45, 7) is 2.77. The van der Waals surface area contributed by atoms with Gasteiger partial charge in [0.1, 0.15) is 5.82 Å². The van der Waals surface area contributed by atoms with E-state index < -0.39 is 0 Å². The van der Waals surface area contributed by atoms with Crippen molar-refractivity contribution in [1.82, 2.24) is 25.0 Å². The fourth-order valence-electron chi connectivity index (χ4n) is 3.66. The highest BCUT2D eigenvalue weighted by Gasteiger charge is 2.21. The number of nitrogens with one attached hydrogen (secondary N) is 1. The van der Waals surface area contributed by atoms with Gasteiger partial charge in [0.15, 0.2) is 0 Å². The van der Waals surface area contributed by atoms with Crippen molar-refractivity contribution in [2.75, 3.05) is 13.1 Å². The standard InChI is InChI=1S/C22H24FN5O/c1-27-14-16(12-25-27)15-28-9-7-20(8-10-28)26-22(29)18-5-6-21(24-13-18)17-3-2-4-19(23)11-17/h2-6,11-14,20H,7-10,15H2,1H3,(H,26,29). The van der Waals surface area contributed by atoms with E-state index in [0.717, 1.165) is 32.5 Å². The number of rotatable bonds is 5. The number of aromatic nitrogens is 3. The quantitative estimate of drug-likeness (QED) is 0.724. The SMILES string of the molecule is Cn1cc(CN2CCC(NC(=O)c3ccc(-c4cccc(F)c4)nc3)CC2)cn1. The molecule has 0 atom stereocenters. The first-order valence-electron chi connectivity index (χ1n) is 9.79. The Morgan fingerprint density at radius 2 is 2.03 bits per heavy atom. The van der Waals surface area contributed by atoms with E-state index >= 15 is 0 Å². The molecule has 1 amide bonds. The van der Waals surface area contributed by atoms with Crippen LogP contribution in [0.1, 0.15) is 28.8 Å². The molecule has 1 aliphatic rings. The number of aryl methyl sites for hydroxylation is 1. The Balaban J connectivity index is 1.29. The summed E-state index contributed by atoms with van der Waals surface area (Å²) in [7, 11) is 1.92. The highest BCUT2D eigenvalue weighted by Crippen LogP contribution is 2.18. The number of pyridine rings is 1. The Hall–Kier alpha value is -3.06. The number of carbonyl (C=O) groups excluding carboxylic acids is 1. The molecule has 0 saturated carbocycles. The van der Waals surface area contributed by atoms with E-state index in [-0.39, 0.29) is 17.8 Å². The Labute approximate surface area is 169 Å². The number of carbonyl (C=O) groups is 1. The second-order valence-corrected chi connectivity index (χ2v) is 7.49. The van der Waals surface area contributed by atoms with Crippen molar-refractivity contribution in [3.63, 3.8) is 0 Å². The fourth-order valence-corrected chi connectivity index (χ4v) is 3.66. The van der Waals surface area contributed by atoms with E-state index in [1.54, 1.807) is 30.5 Å². The molecule has 0 spiro atoms. The minimum absolute atomic E-state index is 0.117. The number of likely N-dealkylation sites (tertiary alicyclic amines) is 1. The molecule has 0 aliphatic carbocycles. The number of nitrogens with zero attached hydrogens (tertiary/aromatic N) is 4. The number of piperidine rings is 1. The highest BCUT2D eigenvalue weighted by atomic mass is 19.1. The van der Waals surface area contributed by atoms with Crippen LogP contribution in [-0.2, 0) is 13.6 Å². The highest BCUT2D eigenvalue weighted by molar-refractivity contribution is 5.94. The maximum absolute atomic E-state index is 13.4. The number of halogens is 1. The van der Waals surface area contributed by atoms with E-state index in [2.05, 4.69) is 20.3 Å². The Bertz CT molecular complexity index is 977. The molecular weight excluding hydrogens is 369 g/mol. The number of benzene rings is 1. The van der Waals surface area contributed by atoms with Gasteiger partial charge in [-0.1, -0.05) is 12.1 Å². The van der Waals surface area contributed by atoms with Crippen LogP contribution in [0.3, 0.4) is 0 Å². The zero-order valence-corrected chi connectivity index (χ0v) is 16.4. The van der Waals surface area contributed by atoms with Crippen LogP contribution >= 0.6 is 0 Å². The summed E-state index contributed by atoms with van der Waals surface area (Å²) >= 11 is 0. The smallest absolute Gasteiger partial charge is 0.253 e. The van der Waals surface area contributed by atoms with Gasteiger partial charge in [0.25, 0.3) is 5.91 Å². The molecule has 1 fully saturated rings. The second kappa shape index (κ2) is 8.53. The van der Waals surface area contributed by atoms with Gasteiger partial charge in [-0.15, -0.1) is 0 Å². The summed E-state index contributed by atoms with van der Waals surface area (Å²) in [5, 5.41) is 7.32. The first-order chi connectivity index (χ1) is 14.1. The van der Waals surface area contributed by atoms with Gasteiger partial charge in [0.05, 0.1) is 17.5 Å². The zero-order valence-electron chi connectivity index (χ0n) is 16.4. The molecule has 2 aromatic heterocycles. The molecule has 1 aliphatic heterocycles. The van der Waals surface area contributed by atoms with Gasteiger partial charge in [-0.3, -0.25) is 19.4 Å². The van der Waals surface area contributed by atoms with Gasteiger partial charge in [-0.25, -0.2) is 4.39 Å². The summed E-state index contributed by atoms with van der Waals surface area (Å²) in [4.78, 5) is 19.3. The molecular formula is C22H24FN5O. The van der Waals surface area contributed by atoms with Gasteiger partial charge in [0.2, 0.25) is 0 Å². The number of hydrogen-bond donors (Lipinski definition) is 1. The summed E-state index contributed by atoms with van der Waals surface area (Å²) in [6.07, 6.45) is 7.32. The minimum Gasteiger partial charge on any atom is -0.349 e. The number of amides is 1. The predicted octanol–water partition coefficient (Wildman–Crippen LogP) is 3.02. The zero-order chi connectivity index (χ0) is 20.2. The van der Waals surface area contributed by atoms with Crippen molar-refractivity contribution in [2.24, 2.45) is 7.05 Å². The first-order valence-corrected chi connectivity index (χ1v) is 9.79. The lowest BCUT2D eigenvalue weighted by Gasteiger charge is -2.32. The fraction of sp³-hybridized carbons (Fsp3) is 0.318. The van der Waals surface area contributed by atoms with Crippen molar-refractivity contribution >= 4 is 5.91 Å². The lowest BCUT2D eigenvalue weighted by atomic mass is 10.0. The van der Waals surface area contributed by atoms with Gasteiger partial charge >= 0.3 is 0 Å². The molecule has 1 saturated heterocycles. The third-order valence-corrected chi connectivity index (χ3v) is 5.23. The molecule has 150 valence electrons. The predicted molar refractivity (Wildman–Crippen MR) is 109 cm³/mol. The monoisotopic (exact) mass is 393 g/mol. The Morgan fingerprint density at radius 1 is 1.21 bits per heavy atom. The second-order valence-electron chi connectivity index (χ2n) is 7.49. The van der Waals surface area contributed by atoms with Crippen LogP contribution in [0.4, 0.5) is 4.39 Å². The molecule has 3 heterocycles. The van der Waals surface area contributed by atoms with Crippen LogP contribution < -0.4 is 5.32 Å².